The Kier molecular flexibility index (Phi) is 5.39. The quantitative estimate of drug-likeness (QED) is 0.699. The molecular weight excluding hydrogens is 280 g/mol. The van der Waals surface area contributed by atoms with Crippen LogP contribution in [-0.4, -0.2) is 33.2 Å². The molecule has 9 nitrogen and oxygen atoms in total. The molecule has 0 unspecified atom stereocenters. The lowest BCUT2D eigenvalue weighted by molar-refractivity contribution is -0.139. The van der Waals surface area contributed by atoms with Crippen molar-refractivity contribution in [3.63, 3.8) is 0 Å². The van der Waals surface area contributed by atoms with Gasteiger partial charge in [0.05, 0.1) is 13.0 Å². The van der Waals surface area contributed by atoms with Gasteiger partial charge in [0.2, 0.25) is 11.8 Å². The number of carboxylic acids is 1. The smallest absolute Gasteiger partial charge is 0.321 e. The van der Waals surface area contributed by atoms with Crippen molar-refractivity contribution in [3.05, 3.63) is 11.7 Å². The molecule has 1 heterocycles. The predicted molar refractivity (Wildman–Crippen MR) is 70.1 cm³/mol. The SMILES string of the molecule is Cc1nc(CNC(=O)NC(=O)CC(C)(C)CC(=O)O)no1. The average Bonchev–Trinajstić information content (AvgIpc) is 2.69. The minimum absolute atomic E-state index is 0.0228. The first-order valence-corrected chi connectivity index (χ1v) is 6.26. The summed E-state index contributed by atoms with van der Waals surface area (Å²) in [4.78, 5) is 37.7. The Morgan fingerprint density at radius 1 is 1.29 bits per heavy atom. The van der Waals surface area contributed by atoms with Gasteiger partial charge in [0.15, 0.2) is 5.82 Å². The maximum Gasteiger partial charge on any atom is 0.321 e. The number of amides is 3. The molecule has 9 heteroatoms. The number of rotatable bonds is 6. The Morgan fingerprint density at radius 3 is 2.48 bits per heavy atom. The van der Waals surface area contributed by atoms with Gasteiger partial charge < -0.3 is 14.9 Å². The van der Waals surface area contributed by atoms with E-state index in [-0.39, 0.29) is 19.4 Å². The van der Waals surface area contributed by atoms with Gasteiger partial charge in [0.1, 0.15) is 0 Å². The van der Waals surface area contributed by atoms with Gasteiger partial charge in [-0.1, -0.05) is 19.0 Å². The third-order valence-electron chi connectivity index (χ3n) is 2.50. The van der Waals surface area contributed by atoms with Crippen LogP contribution in [-0.2, 0) is 16.1 Å². The number of aryl methyl sites for hydroxylation is 1. The second-order valence-corrected chi connectivity index (χ2v) is 5.37. The van der Waals surface area contributed by atoms with Crippen LogP contribution in [0.25, 0.3) is 0 Å². The maximum absolute atomic E-state index is 11.7. The van der Waals surface area contributed by atoms with Gasteiger partial charge in [-0.2, -0.15) is 4.98 Å². The lowest BCUT2D eigenvalue weighted by Crippen LogP contribution is -2.41. The van der Waals surface area contributed by atoms with Crippen molar-refractivity contribution in [2.45, 2.75) is 40.2 Å². The van der Waals surface area contributed by atoms with E-state index >= 15 is 0 Å². The Hall–Kier alpha value is -2.45. The Labute approximate surface area is 121 Å². The van der Waals surface area contributed by atoms with E-state index in [2.05, 4.69) is 20.8 Å². The number of nitrogens with zero attached hydrogens (tertiary/aromatic N) is 2. The number of nitrogens with one attached hydrogen (secondary N) is 2. The molecule has 0 fully saturated rings. The van der Waals surface area contributed by atoms with Crippen molar-refractivity contribution in [1.29, 1.82) is 0 Å². The first kappa shape index (κ1) is 16.6. The van der Waals surface area contributed by atoms with Crippen molar-refractivity contribution < 1.29 is 24.0 Å². The van der Waals surface area contributed by atoms with Crippen molar-refractivity contribution >= 4 is 17.9 Å². The molecule has 1 aromatic rings. The van der Waals surface area contributed by atoms with Crippen LogP contribution < -0.4 is 10.6 Å². The molecule has 0 spiro atoms. The summed E-state index contributed by atoms with van der Waals surface area (Å²) in [5.41, 5.74) is -0.735. The molecule has 1 rings (SSSR count). The van der Waals surface area contributed by atoms with Gasteiger partial charge in [-0.3, -0.25) is 14.9 Å². The molecule has 0 aromatic carbocycles. The van der Waals surface area contributed by atoms with Crippen LogP contribution in [0.5, 0.6) is 0 Å². The molecule has 0 aliphatic carbocycles. The fraction of sp³-hybridized carbons (Fsp3) is 0.583. The van der Waals surface area contributed by atoms with Crippen molar-refractivity contribution in [2.75, 3.05) is 0 Å². The standard InChI is InChI=1S/C12H18N4O5/c1-7-14-8(16-21-7)6-13-11(20)15-9(17)4-12(2,3)5-10(18)19/h4-6H2,1-3H3,(H,18,19)(H2,13,15,17,20). The minimum Gasteiger partial charge on any atom is -0.481 e. The van der Waals surface area contributed by atoms with E-state index in [0.717, 1.165) is 0 Å². The van der Waals surface area contributed by atoms with Crippen LogP contribution in [0, 0.1) is 12.3 Å². The number of carbonyl (C=O) groups is 3. The number of imide groups is 1. The molecule has 0 atom stereocenters. The molecular formula is C12H18N4O5. The van der Waals surface area contributed by atoms with Crippen molar-refractivity contribution in [2.24, 2.45) is 5.41 Å². The van der Waals surface area contributed by atoms with E-state index in [4.69, 9.17) is 9.63 Å². The van der Waals surface area contributed by atoms with E-state index < -0.39 is 23.3 Å². The molecule has 0 aliphatic heterocycles. The molecule has 0 aliphatic rings. The predicted octanol–water partition coefficient (Wildman–Crippen LogP) is 0.595. The minimum atomic E-state index is -0.996. The Balaban J connectivity index is 2.36. The molecule has 116 valence electrons. The molecule has 0 bridgehead atoms. The Bertz CT molecular complexity index is 538. The van der Waals surface area contributed by atoms with Crippen LogP contribution in [0.1, 0.15) is 38.4 Å². The van der Waals surface area contributed by atoms with Crippen molar-refractivity contribution in [3.8, 4) is 0 Å². The van der Waals surface area contributed by atoms with Crippen molar-refractivity contribution in [1.82, 2.24) is 20.8 Å². The number of carboxylic acid groups (broad SMARTS) is 1. The van der Waals surface area contributed by atoms with Gasteiger partial charge >= 0.3 is 12.0 Å². The number of urea groups is 1. The van der Waals surface area contributed by atoms with Crippen LogP contribution in [0.3, 0.4) is 0 Å². The highest BCUT2D eigenvalue weighted by Gasteiger charge is 2.25. The summed E-state index contributed by atoms with van der Waals surface area (Å²) in [5.74, 6) is -0.882. The first-order chi connectivity index (χ1) is 9.68. The van der Waals surface area contributed by atoms with Gasteiger partial charge in [-0.05, 0) is 5.41 Å². The third kappa shape index (κ3) is 6.50. The van der Waals surface area contributed by atoms with E-state index in [1.54, 1.807) is 20.8 Å². The fourth-order valence-electron chi connectivity index (χ4n) is 1.69. The van der Waals surface area contributed by atoms with Crippen LogP contribution in [0.15, 0.2) is 4.52 Å². The van der Waals surface area contributed by atoms with Gasteiger partial charge in [0, 0.05) is 13.3 Å². The zero-order valence-corrected chi connectivity index (χ0v) is 12.1. The molecule has 0 radical (unpaired) electrons. The van der Waals surface area contributed by atoms with Crippen LogP contribution >= 0.6 is 0 Å². The van der Waals surface area contributed by atoms with E-state index in [9.17, 15) is 14.4 Å². The van der Waals surface area contributed by atoms with Gasteiger partial charge in [-0.25, -0.2) is 4.79 Å². The number of aromatic nitrogens is 2. The van der Waals surface area contributed by atoms with E-state index in [1.807, 2.05) is 0 Å². The summed E-state index contributed by atoms with van der Waals surface area (Å²) in [6.07, 6.45) is -0.238. The monoisotopic (exact) mass is 298 g/mol. The molecule has 1 aromatic heterocycles. The fourth-order valence-corrected chi connectivity index (χ4v) is 1.69. The zero-order chi connectivity index (χ0) is 16.0. The number of aliphatic carboxylic acids is 1. The second-order valence-electron chi connectivity index (χ2n) is 5.37. The molecule has 3 amide bonds. The highest BCUT2D eigenvalue weighted by molar-refractivity contribution is 5.94. The highest BCUT2D eigenvalue weighted by atomic mass is 16.5. The average molecular weight is 298 g/mol. The number of hydrogen-bond acceptors (Lipinski definition) is 6. The third-order valence-corrected chi connectivity index (χ3v) is 2.50. The van der Waals surface area contributed by atoms with E-state index in [0.29, 0.717) is 11.7 Å². The first-order valence-electron chi connectivity index (χ1n) is 6.26. The van der Waals surface area contributed by atoms with Gasteiger partial charge in [-0.15, -0.1) is 0 Å². The lowest BCUT2D eigenvalue weighted by Gasteiger charge is -2.21. The molecule has 21 heavy (non-hydrogen) atoms. The summed E-state index contributed by atoms with van der Waals surface area (Å²) >= 11 is 0. The summed E-state index contributed by atoms with van der Waals surface area (Å²) in [6.45, 7) is 4.92. The second kappa shape index (κ2) is 6.82. The summed E-state index contributed by atoms with van der Waals surface area (Å²) in [5, 5.41) is 16.8. The maximum atomic E-state index is 11.7. The molecule has 0 saturated heterocycles. The zero-order valence-electron chi connectivity index (χ0n) is 12.1. The van der Waals surface area contributed by atoms with Crippen LogP contribution in [0.4, 0.5) is 4.79 Å². The summed E-state index contributed by atoms with van der Waals surface area (Å²) in [6, 6.07) is -0.700. The van der Waals surface area contributed by atoms with Crippen LogP contribution in [0.2, 0.25) is 0 Å². The molecule has 0 saturated carbocycles. The number of carbonyl (C=O) groups excluding carboxylic acids is 2. The normalized spacial score (nSPS) is 11.0. The summed E-state index contributed by atoms with van der Waals surface area (Å²) < 4.78 is 4.73. The Morgan fingerprint density at radius 2 is 1.95 bits per heavy atom. The van der Waals surface area contributed by atoms with E-state index in [1.165, 1.54) is 0 Å². The summed E-state index contributed by atoms with van der Waals surface area (Å²) in [7, 11) is 0. The largest absolute Gasteiger partial charge is 0.481 e. The highest BCUT2D eigenvalue weighted by Crippen LogP contribution is 2.24. The topological polar surface area (TPSA) is 134 Å². The van der Waals surface area contributed by atoms with Gasteiger partial charge in [0.25, 0.3) is 0 Å². The lowest BCUT2D eigenvalue weighted by atomic mass is 9.85. The molecule has 3 N–H and O–H groups in total. The number of hydrogen-bond donors (Lipinski definition) is 3.